The lowest BCUT2D eigenvalue weighted by Gasteiger charge is -2.35. The molecule has 0 aliphatic carbocycles. The third kappa shape index (κ3) is 5.40. The number of nitrogens with one attached hydrogen (secondary N) is 1. The first-order chi connectivity index (χ1) is 15.1. The molecular weight excluding hydrogens is 394 g/mol. The second-order valence-corrected chi connectivity index (χ2v) is 7.64. The number of ether oxygens (including phenoxy) is 1. The summed E-state index contributed by atoms with van der Waals surface area (Å²) in [6.07, 6.45) is 0. The maximum Gasteiger partial charge on any atom is 0.251 e. The Bertz CT molecular complexity index is 1010. The number of piperazine rings is 1. The SMILES string of the molecule is Cc1nc(COc2ccc(C(=O)NCc3ccccc3N3CCN(C)CC3)cc2)no1. The molecule has 0 saturated carbocycles. The highest BCUT2D eigenvalue weighted by Gasteiger charge is 2.17. The molecule has 1 amide bonds. The third-order valence-electron chi connectivity index (χ3n) is 5.33. The number of likely N-dealkylation sites (N-methyl/N-ethyl adjacent to an activating group) is 1. The Morgan fingerprint density at radius 1 is 1.10 bits per heavy atom. The smallest absolute Gasteiger partial charge is 0.251 e. The van der Waals surface area contributed by atoms with Crippen LogP contribution in [0.25, 0.3) is 0 Å². The maximum atomic E-state index is 12.6. The van der Waals surface area contributed by atoms with Crippen molar-refractivity contribution in [1.82, 2.24) is 20.4 Å². The molecule has 1 aliphatic heterocycles. The molecule has 31 heavy (non-hydrogen) atoms. The standard InChI is InChI=1S/C23H27N5O3/c1-17-25-22(26-31-17)16-30-20-9-7-18(8-10-20)23(29)24-15-19-5-3-4-6-21(19)28-13-11-27(2)12-14-28/h3-10H,11-16H2,1-2H3,(H,24,29). The van der Waals surface area contributed by atoms with Crippen molar-refractivity contribution in [3.8, 4) is 5.75 Å². The van der Waals surface area contributed by atoms with Crippen molar-refractivity contribution in [3.63, 3.8) is 0 Å². The van der Waals surface area contributed by atoms with Crippen LogP contribution in [0.15, 0.2) is 53.1 Å². The Kier molecular flexibility index (Phi) is 6.47. The van der Waals surface area contributed by atoms with Crippen molar-refractivity contribution in [2.45, 2.75) is 20.1 Å². The summed E-state index contributed by atoms with van der Waals surface area (Å²) in [5, 5.41) is 6.83. The first kappa shape index (κ1) is 20.9. The van der Waals surface area contributed by atoms with E-state index in [9.17, 15) is 4.79 Å². The lowest BCUT2D eigenvalue weighted by atomic mass is 10.1. The molecule has 0 bridgehead atoms. The average molecular weight is 422 g/mol. The summed E-state index contributed by atoms with van der Waals surface area (Å²) in [6.45, 7) is 6.50. The zero-order valence-electron chi connectivity index (χ0n) is 17.9. The number of nitrogens with zero attached hydrogens (tertiary/aromatic N) is 4. The summed E-state index contributed by atoms with van der Waals surface area (Å²) < 4.78 is 10.6. The summed E-state index contributed by atoms with van der Waals surface area (Å²) in [6, 6.07) is 15.3. The van der Waals surface area contributed by atoms with E-state index in [-0.39, 0.29) is 12.5 Å². The second kappa shape index (κ2) is 9.61. The lowest BCUT2D eigenvalue weighted by molar-refractivity contribution is 0.0951. The third-order valence-corrected chi connectivity index (χ3v) is 5.33. The van der Waals surface area contributed by atoms with Gasteiger partial charge in [0.05, 0.1) is 0 Å². The Morgan fingerprint density at radius 3 is 2.55 bits per heavy atom. The number of aromatic nitrogens is 2. The van der Waals surface area contributed by atoms with Crippen LogP contribution >= 0.6 is 0 Å². The van der Waals surface area contributed by atoms with Crippen LogP contribution in [0.3, 0.4) is 0 Å². The van der Waals surface area contributed by atoms with Gasteiger partial charge in [0.25, 0.3) is 5.91 Å². The fourth-order valence-corrected chi connectivity index (χ4v) is 3.54. The number of hydrogen-bond acceptors (Lipinski definition) is 7. The van der Waals surface area contributed by atoms with Crippen LogP contribution in [0.1, 0.15) is 27.6 Å². The van der Waals surface area contributed by atoms with Gasteiger partial charge >= 0.3 is 0 Å². The predicted octanol–water partition coefficient (Wildman–Crippen LogP) is 2.64. The van der Waals surface area contributed by atoms with Crippen LogP contribution in [-0.2, 0) is 13.2 Å². The molecule has 2 aromatic carbocycles. The van der Waals surface area contributed by atoms with Gasteiger partial charge in [-0.15, -0.1) is 0 Å². The molecule has 1 saturated heterocycles. The molecule has 1 aromatic heterocycles. The van der Waals surface area contributed by atoms with Gasteiger partial charge in [0.1, 0.15) is 5.75 Å². The van der Waals surface area contributed by atoms with Gasteiger partial charge in [0, 0.05) is 50.9 Å². The molecule has 8 nitrogen and oxygen atoms in total. The number of carbonyl (C=O) groups excluding carboxylic acids is 1. The molecule has 2 heterocycles. The van der Waals surface area contributed by atoms with Crippen molar-refractivity contribution >= 4 is 11.6 Å². The van der Waals surface area contributed by atoms with Crippen molar-refractivity contribution in [3.05, 3.63) is 71.4 Å². The Labute approximate surface area is 181 Å². The molecule has 0 unspecified atom stereocenters. The van der Waals surface area contributed by atoms with E-state index in [0.29, 0.717) is 29.6 Å². The zero-order chi connectivity index (χ0) is 21.6. The van der Waals surface area contributed by atoms with Gasteiger partial charge in [-0.3, -0.25) is 4.79 Å². The van der Waals surface area contributed by atoms with E-state index in [4.69, 9.17) is 9.26 Å². The largest absolute Gasteiger partial charge is 0.485 e. The number of para-hydroxylation sites is 1. The molecule has 162 valence electrons. The fraction of sp³-hybridized carbons (Fsp3) is 0.348. The summed E-state index contributed by atoms with van der Waals surface area (Å²) in [7, 11) is 2.14. The lowest BCUT2D eigenvalue weighted by Crippen LogP contribution is -2.45. The molecule has 0 radical (unpaired) electrons. The Hall–Kier alpha value is -3.39. The Balaban J connectivity index is 1.33. The number of hydrogen-bond donors (Lipinski definition) is 1. The van der Waals surface area contributed by atoms with E-state index >= 15 is 0 Å². The minimum absolute atomic E-state index is 0.117. The second-order valence-electron chi connectivity index (χ2n) is 7.64. The summed E-state index contributed by atoms with van der Waals surface area (Å²) in [5.74, 6) is 1.51. The van der Waals surface area contributed by atoms with Gasteiger partial charge in [-0.2, -0.15) is 4.98 Å². The van der Waals surface area contributed by atoms with Gasteiger partial charge in [0.2, 0.25) is 11.7 Å². The van der Waals surface area contributed by atoms with Crippen molar-refractivity contribution in [1.29, 1.82) is 0 Å². The van der Waals surface area contributed by atoms with E-state index in [0.717, 1.165) is 31.7 Å². The van der Waals surface area contributed by atoms with Crippen molar-refractivity contribution in [2.75, 3.05) is 38.1 Å². The Morgan fingerprint density at radius 2 is 1.84 bits per heavy atom. The molecule has 1 fully saturated rings. The van der Waals surface area contributed by atoms with Crippen molar-refractivity contribution in [2.24, 2.45) is 0 Å². The van der Waals surface area contributed by atoms with Crippen LogP contribution in [0.4, 0.5) is 5.69 Å². The number of rotatable bonds is 7. The summed E-state index contributed by atoms with van der Waals surface area (Å²) in [5.41, 5.74) is 2.90. The van der Waals surface area contributed by atoms with Crippen LogP contribution in [0.5, 0.6) is 5.75 Å². The van der Waals surface area contributed by atoms with Crippen LogP contribution in [0.2, 0.25) is 0 Å². The number of aryl methyl sites for hydroxylation is 1. The van der Waals surface area contributed by atoms with E-state index in [2.05, 4.69) is 44.4 Å². The predicted molar refractivity (Wildman–Crippen MR) is 117 cm³/mol. The first-order valence-electron chi connectivity index (χ1n) is 10.4. The minimum Gasteiger partial charge on any atom is -0.485 e. The van der Waals surface area contributed by atoms with Gasteiger partial charge in [-0.25, -0.2) is 0 Å². The first-order valence-corrected chi connectivity index (χ1v) is 10.4. The van der Waals surface area contributed by atoms with Crippen LogP contribution in [0, 0.1) is 6.92 Å². The van der Waals surface area contributed by atoms with Crippen molar-refractivity contribution < 1.29 is 14.1 Å². The molecule has 0 spiro atoms. The van der Waals surface area contributed by atoms with E-state index < -0.39 is 0 Å². The van der Waals surface area contributed by atoms with Crippen LogP contribution < -0.4 is 15.0 Å². The number of amides is 1. The highest BCUT2D eigenvalue weighted by molar-refractivity contribution is 5.94. The molecule has 8 heteroatoms. The molecular formula is C23H27N5O3. The highest BCUT2D eigenvalue weighted by Crippen LogP contribution is 2.22. The fourth-order valence-electron chi connectivity index (χ4n) is 3.54. The van der Waals surface area contributed by atoms with Gasteiger partial charge in [-0.1, -0.05) is 23.4 Å². The molecule has 3 aromatic rings. The van der Waals surface area contributed by atoms with E-state index in [1.807, 2.05) is 12.1 Å². The molecule has 0 atom stereocenters. The summed E-state index contributed by atoms with van der Waals surface area (Å²) >= 11 is 0. The average Bonchev–Trinajstić information content (AvgIpc) is 3.22. The minimum atomic E-state index is -0.117. The van der Waals surface area contributed by atoms with Crippen LogP contribution in [-0.4, -0.2) is 54.2 Å². The zero-order valence-corrected chi connectivity index (χ0v) is 17.9. The maximum absolute atomic E-state index is 12.6. The van der Waals surface area contributed by atoms with Gasteiger partial charge in [0.15, 0.2) is 6.61 Å². The normalized spacial score (nSPS) is 14.5. The topological polar surface area (TPSA) is 83.7 Å². The number of carbonyl (C=O) groups is 1. The molecule has 1 N–H and O–H groups in total. The van der Waals surface area contributed by atoms with E-state index in [1.165, 1.54) is 5.69 Å². The molecule has 4 rings (SSSR count). The highest BCUT2D eigenvalue weighted by atomic mass is 16.5. The molecule has 1 aliphatic rings. The number of benzene rings is 2. The van der Waals surface area contributed by atoms with Gasteiger partial charge in [-0.05, 0) is 42.9 Å². The van der Waals surface area contributed by atoms with Gasteiger partial charge < -0.3 is 24.4 Å². The monoisotopic (exact) mass is 421 g/mol. The quantitative estimate of drug-likeness (QED) is 0.628. The van der Waals surface area contributed by atoms with E-state index in [1.54, 1.807) is 31.2 Å². The summed E-state index contributed by atoms with van der Waals surface area (Å²) in [4.78, 5) is 21.5. The number of anilines is 1.